The third kappa shape index (κ3) is 2.53. The maximum absolute atomic E-state index is 11.1. The first-order chi connectivity index (χ1) is 7.68. The van der Waals surface area contributed by atoms with E-state index in [1.54, 1.807) is 0 Å². The molecule has 0 spiro atoms. The average Bonchev–Trinajstić information content (AvgIpc) is 2.81. The summed E-state index contributed by atoms with van der Waals surface area (Å²) < 4.78 is 11.0. The summed E-state index contributed by atoms with van der Waals surface area (Å²) in [5.41, 5.74) is 5.29. The highest BCUT2D eigenvalue weighted by molar-refractivity contribution is 5.79. The topological polar surface area (TPSA) is 64.8 Å². The lowest BCUT2D eigenvalue weighted by Gasteiger charge is -2.36. The zero-order chi connectivity index (χ0) is 11.5. The van der Waals surface area contributed by atoms with Crippen LogP contribution < -0.4 is 5.73 Å². The number of nitrogens with two attached hydrogens (primary N) is 1. The molecule has 2 aliphatic rings. The van der Waals surface area contributed by atoms with Gasteiger partial charge in [0, 0.05) is 5.92 Å². The van der Waals surface area contributed by atoms with E-state index < -0.39 is 0 Å². The summed E-state index contributed by atoms with van der Waals surface area (Å²) in [4.78, 5) is 13.2. The van der Waals surface area contributed by atoms with Crippen LogP contribution in [0.3, 0.4) is 0 Å². The van der Waals surface area contributed by atoms with Crippen LogP contribution in [0.2, 0.25) is 0 Å². The van der Waals surface area contributed by atoms with E-state index in [0.717, 1.165) is 25.9 Å². The summed E-state index contributed by atoms with van der Waals surface area (Å²) in [6.07, 6.45) is 2.01. The molecule has 2 saturated heterocycles. The maximum atomic E-state index is 11.1. The van der Waals surface area contributed by atoms with E-state index in [1.165, 1.54) is 0 Å². The Bertz CT molecular complexity index is 246. The normalized spacial score (nSPS) is 27.1. The fraction of sp³-hybridized carbons (Fsp3) is 0.909. The van der Waals surface area contributed by atoms with Gasteiger partial charge in [0.25, 0.3) is 0 Å². The van der Waals surface area contributed by atoms with Crippen LogP contribution in [0, 0.1) is 5.92 Å². The first kappa shape index (κ1) is 11.8. The van der Waals surface area contributed by atoms with Crippen LogP contribution in [0.1, 0.15) is 19.8 Å². The number of carbonyl (C=O) groups is 1. The molecule has 2 heterocycles. The second-order valence-corrected chi connectivity index (χ2v) is 4.56. The lowest BCUT2D eigenvalue weighted by Crippen LogP contribution is -2.47. The molecule has 5 heteroatoms. The van der Waals surface area contributed by atoms with Gasteiger partial charge in [-0.15, -0.1) is 0 Å². The van der Waals surface area contributed by atoms with Crippen molar-refractivity contribution in [2.24, 2.45) is 11.7 Å². The van der Waals surface area contributed by atoms with E-state index in [0.29, 0.717) is 19.1 Å². The number of amides is 1. The molecule has 1 atom stereocenters. The number of ether oxygens (including phenoxy) is 2. The van der Waals surface area contributed by atoms with Gasteiger partial charge in [0.15, 0.2) is 6.29 Å². The van der Waals surface area contributed by atoms with E-state index in [1.807, 2.05) is 6.92 Å². The minimum absolute atomic E-state index is 0.0222. The highest BCUT2D eigenvalue weighted by Crippen LogP contribution is 2.26. The summed E-state index contributed by atoms with van der Waals surface area (Å²) in [7, 11) is 0. The van der Waals surface area contributed by atoms with Crippen molar-refractivity contribution in [2.75, 3.05) is 26.3 Å². The van der Waals surface area contributed by atoms with Gasteiger partial charge >= 0.3 is 0 Å². The molecule has 2 N–H and O–H groups in total. The monoisotopic (exact) mass is 228 g/mol. The van der Waals surface area contributed by atoms with Crippen molar-refractivity contribution in [2.45, 2.75) is 32.1 Å². The Kier molecular flexibility index (Phi) is 3.78. The van der Waals surface area contributed by atoms with Crippen LogP contribution in [-0.4, -0.2) is 49.4 Å². The number of piperidine rings is 1. The van der Waals surface area contributed by atoms with Gasteiger partial charge in [0.2, 0.25) is 5.91 Å². The van der Waals surface area contributed by atoms with Gasteiger partial charge in [-0.25, -0.2) is 0 Å². The smallest absolute Gasteiger partial charge is 0.234 e. The fourth-order valence-electron chi connectivity index (χ4n) is 2.41. The number of nitrogens with zero attached hydrogens (tertiary/aromatic N) is 1. The molecule has 0 radical (unpaired) electrons. The zero-order valence-corrected chi connectivity index (χ0v) is 9.72. The summed E-state index contributed by atoms with van der Waals surface area (Å²) in [6.45, 7) is 5.09. The van der Waals surface area contributed by atoms with E-state index in [-0.39, 0.29) is 18.2 Å². The second kappa shape index (κ2) is 5.12. The third-order valence-corrected chi connectivity index (χ3v) is 3.57. The molecule has 0 aromatic carbocycles. The number of carbonyl (C=O) groups excluding carboxylic acids is 1. The van der Waals surface area contributed by atoms with Gasteiger partial charge in [-0.05, 0) is 32.9 Å². The zero-order valence-electron chi connectivity index (χ0n) is 9.72. The SMILES string of the molecule is CC(C(N)=O)N1CCC(C2OCCO2)CC1. The number of hydrogen-bond acceptors (Lipinski definition) is 4. The Morgan fingerprint density at radius 1 is 1.31 bits per heavy atom. The van der Waals surface area contributed by atoms with Gasteiger partial charge in [-0.3, -0.25) is 9.69 Å². The fourth-order valence-corrected chi connectivity index (χ4v) is 2.41. The Balaban J connectivity index is 1.79. The van der Waals surface area contributed by atoms with Gasteiger partial charge in [-0.2, -0.15) is 0 Å². The molecule has 0 bridgehead atoms. The number of hydrogen-bond donors (Lipinski definition) is 1. The van der Waals surface area contributed by atoms with E-state index in [4.69, 9.17) is 15.2 Å². The molecule has 1 amide bonds. The van der Waals surface area contributed by atoms with Crippen LogP contribution in [0.25, 0.3) is 0 Å². The van der Waals surface area contributed by atoms with Crippen molar-refractivity contribution in [3.8, 4) is 0 Å². The quantitative estimate of drug-likeness (QED) is 0.735. The van der Waals surface area contributed by atoms with Crippen LogP contribution in [0.4, 0.5) is 0 Å². The Morgan fingerprint density at radius 3 is 2.38 bits per heavy atom. The molecule has 1 unspecified atom stereocenters. The Morgan fingerprint density at radius 2 is 1.88 bits per heavy atom. The van der Waals surface area contributed by atoms with Crippen molar-refractivity contribution < 1.29 is 14.3 Å². The molecule has 0 aliphatic carbocycles. The highest BCUT2D eigenvalue weighted by atomic mass is 16.7. The van der Waals surface area contributed by atoms with E-state index >= 15 is 0 Å². The summed E-state index contributed by atoms with van der Waals surface area (Å²) >= 11 is 0. The minimum atomic E-state index is -0.244. The van der Waals surface area contributed by atoms with Crippen molar-refractivity contribution >= 4 is 5.91 Å². The Hall–Kier alpha value is -0.650. The lowest BCUT2D eigenvalue weighted by atomic mass is 9.95. The summed E-state index contributed by atoms with van der Waals surface area (Å²) in [5, 5.41) is 0. The predicted molar refractivity (Wildman–Crippen MR) is 58.6 cm³/mol. The van der Waals surface area contributed by atoms with Crippen LogP contribution in [0.15, 0.2) is 0 Å². The summed E-state index contributed by atoms with van der Waals surface area (Å²) in [5.74, 6) is 0.227. The van der Waals surface area contributed by atoms with Crippen molar-refractivity contribution in [3.05, 3.63) is 0 Å². The highest BCUT2D eigenvalue weighted by Gasteiger charge is 2.32. The second-order valence-electron chi connectivity index (χ2n) is 4.56. The van der Waals surface area contributed by atoms with Gasteiger partial charge in [-0.1, -0.05) is 0 Å². The molecule has 0 saturated carbocycles. The van der Waals surface area contributed by atoms with Gasteiger partial charge in [0.1, 0.15) is 0 Å². The van der Waals surface area contributed by atoms with Crippen LogP contribution >= 0.6 is 0 Å². The van der Waals surface area contributed by atoms with E-state index in [9.17, 15) is 4.79 Å². The largest absolute Gasteiger partial charge is 0.368 e. The van der Waals surface area contributed by atoms with Crippen molar-refractivity contribution in [1.29, 1.82) is 0 Å². The molecule has 16 heavy (non-hydrogen) atoms. The standard InChI is InChI=1S/C11H20N2O3/c1-8(10(12)14)13-4-2-9(3-5-13)11-15-6-7-16-11/h8-9,11H,2-7H2,1H3,(H2,12,14). The lowest BCUT2D eigenvalue weighted by molar-refractivity contribution is -0.125. The first-order valence-corrected chi connectivity index (χ1v) is 5.95. The Labute approximate surface area is 95.9 Å². The molecule has 0 aromatic heterocycles. The first-order valence-electron chi connectivity index (χ1n) is 5.95. The number of rotatable bonds is 3. The summed E-state index contributed by atoms with van der Waals surface area (Å²) in [6, 6.07) is -0.161. The average molecular weight is 228 g/mol. The number of primary amides is 1. The molecule has 92 valence electrons. The minimum Gasteiger partial charge on any atom is -0.368 e. The molecular formula is C11H20N2O3. The molecule has 0 aromatic rings. The molecular weight excluding hydrogens is 208 g/mol. The van der Waals surface area contributed by atoms with Crippen LogP contribution in [0.5, 0.6) is 0 Å². The third-order valence-electron chi connectivity index (χ3n) is 3.57. The van der Waals surface area contributed by atoms with Crippen LogP contribution in [-0.2, 0) is 14.3 Å². The number of likely N-dealkylation sites (tertiary alicyclic amines) is 1. The molecule has 2 rings (SSSR count). The van der Waals surface area contributed by atoms with E-state index in [2.05, 4.69) is 4.90 Å². The molecule has 5 nitrogen and oxygen atoms in total. The van der Waals surface area contributed by atoms with Crippen molar-refractivity contribution in [1.82, 2.24) is 4.90 Å². The van der Waals surface area contributed by atoms with Crippen molar-refractivity contribution in [3.63, 3.8) is 0 Å². The predicted octanol–water partition coefficient (Wildman–Crippen LogP) is -0.0549. The maximum Gasteiger partial charge on any atom is 0.234 e. The van der Waals surface area contributed by atoms with Gasteiger partial charge < -0.3 is 15.2 Å². The molecule has 2 aliphatic heterocycles. The van der Waals surface area contributed by atoms with Gasteiger partial charge in [0.05, 0.1) is 19.3 Å². The molecule has 2 fully saturated rings.